The Morgan fingerprint density at radius 3 is 2.67 bits per heavy atom. The van der Waals surface area contributed by atoms with Crippen molar-refractivity contribution in [3.05, 3.63) is 41.5 Å². The molecule has 0 atom stereocenters. The van der Waals surface area contributed by atoms with E-state index in [4.69, 9.17) is 9.47 Å². The third kappa shape index (κ3) is 3.13. The fraction of sp³-hybridized carbons (Fsp3) is 0.400. The number of ether oxygens (including phenoxy) is 2. The average Bonchev–Trinajstić information content (AvgIpc) is 2.36. The standard InChI is InChI=1S/C15H20O3/c1-5-10-18-14-9-8-13(15(16)17-7-3)11(4)12(14)6-2/h5,8-9H,1,6-7,10H2,2-4H3. The molecule has 0 heterocycles. The minimum Gasteiger partial charge on any atom is -0.489 e. The van der Waals surface area contributed by atoms with Crippen molar-refractivity contribution in [2.24, 2.45) is 0 Å². The Labute approximate surface area is 108 Å². The van der Waals surface area contributed by atoms with Crippen molar-refractivity contribution >= 4 is 5.97 Å². The summed E-state index contributed by atoms with van der Waals surface area (Å²) in [7, 11) is 0. The van der Waals surface area contributed by atoms with Crippen LogP contribution >= 0.6 is 0 Å². The van der Waals surface area contributed by atoms with E-state index in [2.05, 4.69) is 6.58 Å². The molecule has 0 aliphatic rings. The minimum absolute atomic E-state index is 0.278. The molecule has 18 heavy (non-hydrogen) atoms. The summed E-state index contributed by atoms with van der Waals surface area (Å²) in [6, 6.07) is 3.58. The molecule has 0 aliphatic heterocycles. The largest absolute Gasteiger partial charge is 0.489 e. The van der Waals surface area contributed by atoms with Gasteiger partial charge in [-0.3, -0.25) is 0 Å². The van der Waals surface area contributed by atoms with Crippen LogP contribution in [0.4, 0.5) is 0 Å². The first-order valence-corrected chi connectivity index (χ1v) is 6.18. The smallest absolute Gasteiger partial charge is 0.338 e. The number of hydrogen-bond acceptors (Lipinski definition) is 3. The van der Waals surface area contributed by atoms with Gasteiger partial charge in [0.25, 0.3) is 0 Å². The zero-order chi connectivity index (χ0) is 13.5. The molecule has 0 saturated carbocycles. The monoisotopic (exact) mass is 248 g/mol. The molecule has 0 bridgehead atoms. The molecule has 0 fully saturated rings. The summed E-state index contributed by atoms with van der Waals surface area (Å²) in [5, 5.41) is 0. The van der Waals surface area contributed by atoms with Crippen LogP contribution in [-0.2, 0) is 11.2 Å². The predicted octanol–water partition coefficient (Wildman–Crippen LogP) is 3.30. The topological polar surface area (TPSA) is 35.5 Å². The lowest BCUT2D eigenvalue weighted by Crippen LogP contribution is -2.09. The second-order valence-electron chi connectivity index (χ2n) is 3.89. The van der Waals surface area contributed by atoms with E-state index in [0.29, 0.717) is 18.8 Å². The van der Waals surface area contributed by atoms with Crippen molar-refractivity contribution in [2.45, 2.75) is 27.2 Å². The first-order valence-electron chi connectivity index (χ1n) is 6.18. The Kier molecular flexibility index (Phi) is 5.43. The Morgan fingerprint density at radius 1 is 1.39 bits per heavy atom. The molecular weight excluding hydrogens is 228 g/mol. The van der Waals surface area contributed by atoms with Crippen molar-refractivity contribution in [2.75, 3.05) is 13.2 Å². The van der Waals surface area contributed by atoms with Crippen LogP contribution in [0.5, 0.6) is 5.75 Å². The highest BCUT2D eigenvalue weighted by Crippen LogP contribution is 2.26. The highest BCUT2D eigenvalue weighted by molar-refractivity contribution is 5.91. The van der Waals surface area contributed by atoms with Gasteiger partial charge in [-0.15, -0.1) is 0 Å². The molecule has 3 nitrogen and oxygen atoms in total. The van der Waals surface area contributed by atoms with E-state index >= 15 is 0 Å². The van der Waals surface area contributed by atoms with E-state index in [1.54, 1.807) is 19.1 Å². The van der Waals surface area contributed by atoms with Gasteiger partial charge in [-0.2, -0.15) is 0 Å². The summed E-state index contributed by atoms with van der Waals surface area (Å²) in [6.07, 6.45) is 2.51. The molecular formula is C15H20O3. The van der Waals surface area contributed by atoms with E-state index in [-0.39, 0.29) is 5.97 Å². The molecule has 1 aromatic rings. The van der Waals surface area contributed by atoms with Gasteiger partial charge in [0.15, 0.2) is 0 Å². The summed E-state index contributed by atoms with van der Waals surface area (Å²) < 4.78 is 10.6. The van der Waals surface area contributed by atoms with Crippen LogP contribution in [0.15, 0.2) is 24.8 Å². The number of hydrogen-bond donors (Lipinski definition) is 0. The van der Waals surface area contributed by atoms with E-state index in [9.17, 15) is 4.79 Å². The van der Waals surface area contributed by atoms with Gasteiger partial charge in [0.1, 0.15) is 12.4 Å². The molecule has 0 radical (unpaired) electrons. The van der Waals surface area contributed by atoms with Gasteiger partial charge >= 0.3 is 5.97 Å². The van der Waals surface area contributed by atoms with E-state index < -0.39 is 0 Å². The van der Waals surface area contributed by atoms with E-state index in [1.165, 1.54) is 0 Å². The van der Waals surface area contributed by atoms with Crippen molar-refractivity contribution < 1.29 is 14.3 Å². The third-order valence-corrected chi connectivity index (χ3v) is 2.76. The van der Waals surface area contributed by atoms with Gasteiger partial charge < -0.3 is 9.47 Å². The predicted molar refractivity (Wildman–Crippen MR) is 72.2 cm³/mol. The first-order chi connectivity index (χ1) is 8.65. The fourth-order valence-corrected chi connectivity index (χ4v) is 1.89. The summed E-state index contributed by atoms with van der Waals surface area (Å²) >= 11 is 0. The molecule has 0 spiro atoms. The van der Waals surface area contributed by atoms with Gasteiger partial charge in [0.2, 0.25) is 0 Å². The maximum Gasteiger partial charge on any atom is 0.338 e. The van der Waals surface area contributed by atoms with Crippen LogP contribution < -0.4 is 4.74 Å². The number of carbonyl (C=O) groups excluding carboxylic acids is 1. The van der Waals surface area contributed by atoms with Crippen molar-refractivity contribution in [1.82, 2.24) is 0 Å². The Morgan fingerprint density at radius 2 is 2.11 bits per heavy atom. The van der Waals surface area contributed by atoms with Gasteiger partial charge in [0.05, 0.1) is 12.2 Å². The van der Waals surface area contributed by atoms with Gasteiger partial charge in [-0.25, -0.2) is 4.79 Å². The molecule has 0 aliphatic carbocycles. The molecule has 98 valence electrons. The molecule has 0 N–H and O–H groups in total. The molecule has 0 saturated heterocycles. The second kappa shape index (κ2) is 6.84. The Hall–Kier alpha value is -1.77. The number of esters is 1. The zero-order valence-corrected chi connectivity index (χ0v) is 11.3. The molecule has 1 rings (SSSR count). The lowest BCUT2D eigenvalue weighted by molar-refractivity contribution is 0.0525. The van der Waals surface area contributed by atoms with Crippen LogP contribution in [0.2, 0.25) is 0 Å². The maximum absolute atomic E-state index is 11.8. The van der Waals surface area contributed by atoms with Crippen LogP contribution in [0.1, 0.15) is 35.3 Å². The van der Waals surface area contributed by atoms with E-state index in [0.717, 1.165) is 23.3 Å². The first kappa shape index (κ1) is 14.3. The highest BCUT2D eigenvalue weighted by atomic mass is 16.5. The highest BCUT2D eigenvalue weighted by Gasteiger charge is 2.15. The number of carbonyl (C=O) groups is 1. The van der Waals surface area contributed by atoms with Gasteiger partial charge in [-0.05, 0) is 43.5 Å². The minimum atomic E-state index is -0.278. The Balaban J connectivity index is 3.11. The molecule has 0 amide bonds. The Bertz CT molecular complexity index is 436. The second-order valence-corrected chi connectivity index (χ2v) is 3.89. The fourth-order valence-electron chi connectivity index (χ4n) is 1.89. The van der Waals surface area contributed by atoms with Crippen molar-refractivity contribution in [3.8, 4) is 5.75 Å². The lowest BCUT2D eigenvalue weighted by Gasteiger charge is -2.14. The third-order valence-electron chi connectivity index (χ3n) is 2.76. The molecule has 1 aromatic carbocycles. The van der Waals surface area contributed by atoms with Crippen LogP contribution in [0, 0.1) is 6.92 Å². The zero-order valence-electron chi connectivity index (χ0n) is 11.3. The summed E-state index contributed by atoms with van der Waals surface area (Å²) in [5.74, 6) is 0.530. The molecule has 0 unspecified atom stereocenters. The van der Waals surface area contributed by atoms with Crippen LogP contribution in [0.3, 0.4) is 0 Å². The quantitative estimate of drug-likeness (QED) is 0.572. The summed E-state index contributed by atoms with van der Waals surface area (Å²) in [5.41, 5.74) is 2.58. The maximum atomic E-state index is 11.8. The number of rotatable bonds is 6. The summed E-state index contributed by atoms with van der Waals surface area (Å²) in [6.45, 7) is 10.2. The molecule has 0 aromatic heterocycles. The number of benzene rings is 1. The van der Waals surface area contributed by atoms with Crippen molar-refractivity contribution in [3.63, 3.8) is 0 Å². The molecule has 3 heteroatoms. The van der Waals surface area contributed by atoms with Crippen LogP contribution in [-0.4, -0.2) is 19.2 Å². The van der Waals surface area contributed by atoms with Crippen molar-refractivity contribution in [1.29, 1.82) is 0 Å². The normalized spacial score (nSPS) is 9.94. The lowest BCUT2D eigenvalue weighted by atomic mass is 9.99. The van der Waals surface area contributed by atoms with Crippen LogP contribution in [0.25, 0.3) is 0 Å². The van der Waals surface area contributed by atoms with Gasteiger partial charge in [-0.1, -0.05) is 19.6 Å². The van der Waals surface area contributed by atoms with Gasteiger partial charge in [0, 0.05) is 0 Å². The average molecular weight is 248 g/mol. The summed E-state index contributed by atoms with van der Waals surface area (Å²) in [4.78, 5) is 11.8. The SMILES string of the molecule is C=CCOc1ccc(C(=O)OCC)c(C)c1CC. The van der Waals surface area contributed by atoms with E-state index in [1.807, 2.05) is 19.9 Å².